The highest BCUT2D eigenvalue weighted by molar-refractivity contribution is 7.90. The quantitative estimate of drug-likeness (QED) is 0.854. The number of halogens is 2. The number of rotatable bonds is 4. The molecule has 1 unspecified atom stereocenters. The molecule has 9 heteroatoms. The third kappa shape index (κ3) is 3.64. The number of carbonyl (C=O) groups excluding carboxylic acids is 2. The number of carbonyl (C=O) groups is 2. The molecule has 3 rings (SSSR count). The molecule has 0 bridgehead atoms. The van der Waals surface area contributed by atoms with Crippen LogP contribution in [0.4, 0.5) is 4.39 Å². The molecule has 1 N–H and O–H groups in total. The van der Waals surface area contributed by atoms with E-state index < -0.39 is 38.3 Å². The number of sulfonamides is 1. The van der Waals surface area contributed by atoms with Gasteiger partial charge >= 0.3 is 0 Å². The van der Waals surface area contributed by atoms with Crippen molar-refractivity contribution in [3.05, 3.63) is 34.6 Å². The van der Waals surface area contributed by atoms with Gasteiger partial charge in [-0.1, -0.05) is 11.6 Å². The lowest BCUT2D eigenvalue weighted by atomic mass is 9.89. The van der Waals surface area contributed by atoms with Gasteiger partial charge in [-0.2, -0.15) is 0 Å². The summed E-state index contributed by atoms with van der Waals surface area (Å²) < 4.78 is 39.2. The van der Waals surface area contributed by atoms with Crippen molar-refractivity contribution in [2.75, 3.05) is 13.1 Å². The van der Waals surface area contributed by atoms with Crippen molar-refractivity contribution in [2.24, 2.45) is 5.41 Å². The number of hydrogen-bond donors (Lipinski definition) is 1. The first-order chi connectivity index (χ1) is 11.6. The Labute approximate surface area is 150 Å². The predicted octanol–water partition coefficient (Wildman–Crippen LogP) is 1.94. The molecule has 25 heavy (non-hydrogen) atoms. The Morgan fingerprint density at radius 1 is 1.36 bits per heavy atom. The Balaban J connectivity index is 1.71. The molecular weight excluding hydrogens is 371 g/mol. The number of nitrogens with one attached hydrogen (secondary N) is 1. The van der Waals surface area contributed by atoms with E-state index in [1.54, 1.807) is 6.92 Å². The Morgan fingerprint density at radius 2 is 2.04 bits per heavy atom. The first-order valence-corrected chi connectivity index (χ1v) is 9.85. The molecule has 1 atom stereocenters. The number of likely N-dealkylation sites (tertiary alicyclic amines) is 1. The van der Waals surface area contributed by atoms with Crippen molar-refractivity contribution < 1.29 is 22.4 Å². The van der Waals surface area contributed by atoms with Crippen molar-refractivity contribution in [1.29, 1.82) is 0 Å². The van der Waals surface area contributed by atoms with Gasteiger partial charge in [0.15, 0.2) is 0 Å². The molecule has 0 spiro atoms. The summed E-state index contributed by atoms with van der Waals surface area (Å²) in [6.07, 6.45) is 1.46. The van der Waals surface area contributed by atoms with Gasteiger partial charge in [-0.25, -0.2) is 12.8 Å². The smallest absolute Gasteiger partial charge is 0.255 e. The zero-order valence-corrected chi connectivity index (χ0v) is 15.2. The summed E-state index contributed by atoms with van der Waals surface area (Å²) in [5.41, 5.74) is -0.845. The van der Waals surface area contributed by atoms with Gasteiger partial charge in [-0.05, 0) is 44.4 Å². The summed E-state index contributed by atoms with van der Waals surface area (Å²) in [4.78, 5) is 26.4. The van der Waals surface area contributed by atoms with Crippen LogP contribution in [0.2, 0.25) is 5.02 Å². The Hall–Kier alpha value is -1.67. The van der Waals surface area contributed by atoms with Crippen LogP contribution >= 0.6 is 11.6 Å². The van der Waals surface area contributed by atoms with E-state index >= 15 is 0 Å². The van der Waals surface area contributed by atoms with Crippen LogP contribution in [0.1, 0.15) is 36.5 Å². The maximum absolute atomic E-state index is 13.1. The largest absolute Gasteiger partial charge is 0.337 e. The molecule has 136 valence electrons. The van der Waals surface area contributed by atoms with E-state index in [2.05, 4.69) is 4.72 Å². The van der Waals surface area contributed by atoms with Crippen molar-refractivity contribution in [3.8, 4) is 0 Å². The van der Waals surface area contributed by atoms with Gasteiger partial charge in [0.1, 0.15) is 5.82 Å². The van der Waals surface area contributed by atoms with E-state index in [0.717, 1.165) is 12.1 Å². The van der Waals surface area contributed by atoms with E-state index in [4.69, 9.17) is 11.6 Å². The van der Waals surface area contributed by atoms with E-state index in [1.807, 2.05) is 0 Å². The Kier molecular flexibility index (Phi) is 4.53. The molecule has 1 heterocycles. The normalized spacial score (nSPS) is 23.6. The van der Waals surface area contributed by atoms with E-state index in [1.165, 1.54) is 11.0 Å². The standard InChI is InChI=1S/C16H18ClFN2O4S/c1-16(15(22)19-25(23,24)11-3-4-11)6-7-20(9-16)14(21)12-5-2-10(18)8-13(12)17/h2,5,8,11H,3-4,6-7,9H2,1H3,(H,19,22). The molecule has 1 saturated carbocycles. The molecular formula is C16H18ClFN2O4S. The summed E-state index contributed by atoms with van der Waals surface area (Å²) in [6.45, 7) is 2.00. The van der Waals surface area contributed by atoms with Crippen molar-refractivity contribution in [1.82, 2.24) is 9.62 Å². The fraction of sp³-hybridized carbons (Fsp3) is 0.500. The average Bonchev–Trinajstić information content (AvgIpc) is 3.30. The lowest BCUT2D eigenvalue weighted by molar-refractivity contribution is -0.127. The SMILES string of the molecule is CC1(C(=O)NS(=O)(=O)C2CC2)CCN(C(=O)c2ccc(F)cc2Cl)C1. The van der Waals surface area contributed by atoms with Crippen molar-refractivity contribution >= 4 is 33.4 Å². The third-order valence-electron chi connectivity index (χ3n) is 4.67. The van der Waals surface area contributed by atoms with E-state index in [-0.39, 0.29) is 17.1 Å². The fourth-order valence-corrected chi connectivity index (χ4v) is 4.54. The molecule has 0 radical (unpaired) electrons. The van der Waals surface area contributed by atoms with Gasteiger partial charge < -0.3 is 4.90 Å². The zero-order chi connectivity index (χ0) is 18.4. The first-order valence-electron chi connectivity index (χ1n) is 7.93. The molecule has 2 fully saturated rings. The molecule has 1 aromatic rings. The topological polar surface area (TPSA) is 83.6 Å². The summed E-state index contributed by atoms with van der Waals surface area (Å²) in [5, 5.41) is -0.489. The van der Waals surface area contributed by atoms with Gasteiger partial charge in [0.05, 0.1) is 21.3 Å². The van der Waals surface area contributed by atoms with Crippen LogP contribution in [0.15, 0.2) is 18.2 Å². The van der Waals surface area contributed by atoms with Gasteiger partial charge in [0.2, 0.25) is 15.9 Å². The van der Waals surface area contributed by atoms with Crippen LogP contribution < -0.4 is 4.72 Å². The second-order valence-corrected chi connectivity index (χ2v) is 9.21. The van der Waals surface area contributed by atoms with Crippen LogP contribution in [-0.4, -0.2) is 43.5 Å². The number of nitrogens with zero attached hydrogens (tertiary/aromatic N) is 1. The highest BCUT2D eigenvalue weighted by Crippen LogP contribution is 2.34. The van der Waals surface area contributed by atoms with E-state index in [0.29, 0.717) is 25.8 Å². The number of hydrogen-bond acceptors (Lipinski definition) is 4. The Bertz CT molecular complexity index is 841. The van der Waals surface area contributed by atoms with Gasteiger partial charge in [0.25, 0.3) is 5.91 Å². The summed E-state index contributed by atoms with van der Waals surface area (Å²) in [7, 11) is -3.63. The molecule has 6 nitrogen and oxygen atoms in total. The van der Waals surface area contributed by atoms with Gasteiger partial charge in [-0.3, -0.25) is 14.3 Å². The minimum Gasteiger partial charge on any atom is -0.337 e. The maximum atomic E-state index is 13.1. The highest BCUT2D eigenvalue weighted by atomic mass is 35.5. The van der Waals surface area contributed by atoms with Crippen LogP contribution in [0.3, 0.4) is 0 Å². The predicted molar refractivity (Wildman–Crippen MR) is 90.1 cm³/mol. The fourth-order valence-electron chi connectivity index (χ4n) is 2.87. The molecule has 0 aromatic heterocycles. The number of benzene rings is 1. The molecule has 1 aromatic carbocycles. The molecule has 1 aliphatic carbocycles. The molecule has 2 amide bonds. The maximum Gasteiger partial charge on any atom is 0.255 e. The molecule has 1 saturated heterocycles. The summed E-state index contributed by atoms with van der Waals surface area (Å²) in [5.74, 6) is -1.55. The highest BCUT2D eigenvalue weighted by Gasteiger charge is 2.46. The lowest BCUT2D eigenvalue weighted by Crippen LogP contribution is -2.45. The van der Waals surface area contributed by atoms with Crippen molar-refractivity contribution in [3.63, 3.8) is 0 Å². The zero-order valence-electron chi connectivity index (χ0n) is 13.6. The van der Waals surface area contributed by atoms with Crippen LogP contribution in [-0.2, 0) is 14.8 Å². The average molecular weight is 389 g/mol. The minimum atomic E-state index is -3.63. The second-order valence-electron chi connectivity index (χ2n) is 6.84. The van der Waals surface area contributed by atoms with Crippen LogP contribution in [0, 0.1) is 11.2 Å². The van der Waals surface area contributed by atoms with E-state index in [9.17, 15) is 22.4 Å². The second kappa shape index (κ2) is 6.25. The monoisotopic (exact) mass is 388 g/mol. The summed E-state index contributed by atoms with van der Waals surface area (Å²) in [6, 6.07) is 3.50. The van der Waals surface area contributed by atoms with Gasteiger partial charge in [-0.15, -0.1) is 0 Å². The molecule has 1 aliphatic heterocycles. The van der Waals surface area contributed by atoms with Crippen LogP contribution in [0.25, 0.3) is 0 Å². The molecule has 2 aliphatic rings. The number of amides is 2. The summed E-state index contributed by atoms with van der Waals surface area (Å²) >= 11 is 5.92. The minimum absolute atomic E-state index is 0.000587. The Morgan fingerprint density at radius 3 is 2.64 bits per heavy atom. The van der Waals surface area contributed by atoms with Gasteiger partial charge in [0, 0.05) is 13.1 Å². The third-order valence-corrected chi connectivity index (χ3v) is 6.80. The van der Waals surface area contributed by atoms with Crippen LogP contribution in [0.5, 0.6) is 0 Å². The first kappa shape index (κ1) is 18.1. The lowest BCUT2D eigenvalue weighted by Gasteiger charge is -2.23. The van der Waals surface area contributed by atoms with Crippen molar-refractivity contribution in [2.45, 2.75) is 31.4 Å².